The molecular formula is C92H89N3S. The quantitative estimate of drug-likeness (QED) is 0.155. The predicted molar refractivity (Wildman–Crippen MR) is 420 cm³/mol. The molecule has 16 rings (SSSR count). The van der Waals surface area contributed by atoms with Gasteiger partial charge in [0.15, 0.2) is 0 Å². The van der Waals surface area contributed by atoms with Gasteiger partial charge in [-0.2, -0.15) is 0 Å². The fraction of sp³-hybridized carbons (Fsp3) is 0.261. The number of nitrogens with zero attached hydrogens (tertiary/aromatic N) is 3. The molecule has 96 heavy (non-hydrogen) atoms. The largest absolute Gasteiger partial charge is 0.311 e. The van der Waals surface area contributed by atoms with Gasteiger partial charge < -0.3 is 9.30 Å². The average molecular weight is 1270 g/mol. The molecule has 0 aliphatic rings. The van der Waals surface area contributed by atoms with E-state index in [1.54, 1.807) is 0 Å². The first kappa shape index (κ1) is 61.6. The van der Waals surface area contributed by atoms with Gasteiger partial charge in [0.05, 0.1) is 27.6 Å². The van der Waals surface area contributed by atoms with Gasteiger partial charge in [0.2, 0.25) is 0 Å². The van der Waals surface area contributed by atoms with Crippen molar-refractivity contribution in [3.63, 3.8) is 0 Å². The van der Waals surface area contributed by atoms with Crippen molar-refractivity contribution >= 4 is 114 Å². The maximum Gasteiger partial charge on any atom is 0.109 e. The minimum atomic E-state index is -0.0756. The maximum absolute atomic E-state index is 2.74. The van der Waals surface area contributed by atoms with Gasteiger partial charge in [0.25, 0.3) is 0 Å². The lowest BCUT2D eigenvalue weighted by atomic mass is 9.78. The molecule has 16 aromatic rings. The summed E-state index contributed by atoms with van der Waals surface area (Å²) < 4.78 is 6.71. The Bertz CT molecular complexity index is 5650. The number of anilines is 3. The zero-order chi connectivity index (χ0) is 67.2. The molecule has 0 aliphatic carbocycles. The van der Waals surface area contributed by atoms with Crippen molar-refractivity contribution < 1.29 is 0 Å². The third-order valence-electron chi connectivity index (χ3n) is 21.0. The molecule has 0 bridgehead atoms. The molecule has 0 amide bonds. The van der Waals surface area contributed by atoms with Crippen LogP contribution in [-0.4, -0.2) is 8.80 Å². The fourth-order valence-electron chi connectivity index (χ4n) is 15.3. The molecule has 0 fully saturated rings. The number of thiophene rings is 1. The van der Waals surface area contributed by atoms with Crippen molar-refractivity contribution in [2.24, 2.45) is 0 Å². The third-order valence-corrected chi connectivity index (χ3v) is 22.1. The predicted octanol–water partition coefficient (Wildman–Crippen LogP) is 27.1. The molecule has 5 aromatic heterocycles. The standard InChI is InChI=1S/C92H89N3S/c1-87(2,3)61-39-55(40-62(51-61)88(4,5)6)58-45-72(54-33-35-69(36-34-54)93(67-27-21-19-22-28-67)68-29-23-20-24-30-68)82-74(47-58)75-48-59(56-41-63(89(7,8)9)52-64(42-56)90(10,11)12)46-73-70-37-38-78-81(85(70)95(82)83(73)75)77-50-60(57-43-65(91(13,14)15)53-66(44-57)92(16,17)18)49-76-80-71-31-25-26-32-79(71)96-86(80)94(78)84(76)77/h19-53H,1-18H3. The van der Waals surface area contributed by atoms with Gasteiger partial charge in [0.1, 0.15) is 4.83 Å². The van der Waals surface area contributed by atoms with Crippen LogP contribution >= 0.6 is 11.3 Å². The van der Waals surface area contributed by atoms with Gasteiger partial charge in [-0.3, -0.25) is 4.40 Å². The van der Waals surface area contributed by atoms with Crippen molar-refractivity contribution in [1.29, 1.82) is 0 Å². The Kier molecular flexibility index (Phi) is 13.6. The van der Waals surface area contributed by atoms with E-state index in [4.69, 9.17) is 0 Å². The summed E-state index contributed by atoms with van der Waals surface area (Å²) in [6.45, 7) is 42.5. The molecule has 4 heteroatoms. The molecule has 0 N–H and O–H groups in total. The first-order chi connectivity index (χ1) is 45.4. The lowest BCUT2D eigenvalue weighted by Crippen LogP contribution is -2.16. The van der Waals surface area contributed by atoms with E-state index in [1.165, 1.54) is 163 Å². The lowest BCUT2D eigenvalue weighted by molar-refractivity contribution is 0.568. The monoisotopic (exact) mass is 1270 g/mol. The Morgan fingerprint density at radius 1 is 0.260 bits per heavy atom. The summed E-state index contributed by atoms with van der Waals surface area (Å²) in [5.41, 5.74) is 27.1. The summed E-state index contributed by atoms with van der Waals surface area (Å²) in [6.07, 6.45) is 0. The van der Waals surface area contributed by atoms with Crippen LogP contribution in [0.25, 0.3) is 130 Å². The zero-order valence-corrected chi connectivity index (χ0v) is 60.3. The van der Waals surface area contributed by atoms with Crippen LogP contribution in [-0.2, 0) is 32.5 Å². The molecule has 0 unspecified atom stereocenters. The summed E-state index contributed by atoms with van der Waals surface area (Å²) in [7, 11) is 0. The van der Waals surface area contributed by atoms with Crippen molar-refractivity contribution in [2.75, 3.05) is 4.90 Å². The number of benzene rings is 11. The van der Waals surface area contributed by atoms with Crippen molar-refractivity contribution in [1.82, 2.24) is 8.80 Å². The van der Waals surface area contributed by atoms with E-state index in [1.807, 2.05) is 11.3 Å². The van der Waals surface area contributed by atoms with E-state index in [0.717, 1.165) is 17.1 Å². The Hall–Kier alpha value is -9.22. The van der Waals surface area contributed by atoms with Crippen molar-refractivity contribution in [3.8, 4) is 44.5 Å². The first-order valence-electron chi connectivity index (χ1n) is 34.7. The molecule has 0 atom stereocenters. The number of para-hydroxylation sites is 2. The first-order valence-corrected chi connectivity index (χ1v) is 35.5. The molecule has 0 saturated heterocycles. The Morgan fingerprint density at radius 2 is 0.625 bits per heavy atom. The van der Waals surface area contributed by atoms with Gasteiger partial charge in [-0.1, -0.05) is 252 Å². The van der Waals surface area contributed by atoms with E-state index in [0.29, 0.717) is 0 Å². The number of rotatable bonds is 7. The number of hydrogen-bond donors (Lipinski definition) is 0. The highest BCUT2D eigenvalue weighted by Crippen LogP contribution is 2.54. The normalized spacial score (nSPS) is 13.3. The highest BCUT2D eigenvalue weighted by molar-refractivity contribution is 7.25. The van der Waals surface area contributed by atoms with E-state index in [-0.39, 0.29) is 32.5 Å². The van der Waals surface area contributed by atoms with Gasteiger partial charge in [-0.25, -0.2) is 0 Å². The fourth-order valence-corrected chi connectivity index (χ4v) is 16.6. The summed E-state index contributed by atoms with van der Waals surface area (Å²) in [4.78, 5) is 3.68. The SMILES string of the molecule is CC(C)(C)c1cc(-c2cc(-c3ccc(N(c4ccccc4)c4ccccc4)cc3)c3c(c2)c2cc(-c4cc(C(C)(C)C)cc(C(C)(C)C)c4)cc4c5ccc6c(c7cc(-c8cc(C(C)(C)C)cc(C(C)(C)C)c8)cc8c9c%10ccccc%10sc9n6c87)c5n3c24)cc(C(C)(C)C)c1. The second-order valence-corrected chi connectivity index (χ2v) is 35.0. The number of aromatic nitrogens is 2. The van der Waals surface area contributed by atoms with Crippen LogP contribution in [0.4, 0.5) is 17.1 Å². The molecule has 0 radical (unpaired) electrons. The van der Waals surface area contributed by atoms with Crippen LogP contribution in [0.2, 0.25) is 0 Å². The van der Waals surface area contributed by atoms with Crippen molar-refractivity contribution in [3.05, 3.63) is 246 Å². The molecular weight excluding hydrogens is 1180 g/mol. The van der Waals surface area contributed by atoms with Crippen molar-refractivity contribution in [2.45, 2.75) is 157 Å². The Balaban J connectivity index is 1.10. The number of fused-ring (bicyclic) bond motifs is 15. The molecule has 0 saturated carbocycles. The molecule has 478 valence electrons. The third kappa shape index (κ3) is 9.93. The van der Waals surface area contributed by atoms with Gasteiger partial charge >= 0.3 is 0 Å². The van der Waals surface area contributed by atoms with E-state index >= 15 is 0 Å². The summed E-state index contributed by atoms with van der Waals surface area (Å²) in [5, 5.41) is 11.6. The molecule has 3 nitrogen and oxygen atoms in total. The molecule has 0 spiro atoms. The highest BCUT2D eigenvalue weighted by Gasteiger charge is 2.32. The van der Waals surface area contributed by atoms with Crippen LogP contribution in [0.1, 0.15) is 158 Å². The second kappa shape index (κ2) is 21.1. The van der Waals surface area contributed by atoms with Crippen LogP contribution in [0.3, 0.4) is 0 Å². The second-order valence-electron chi connectivity index (χ2n) is 34.0. The Labute approximate surface area is 571 Å². The van der Waals surface area contributed by atoms with E-state index < -0.39 is 0 Å². The van der Waals surface area contributed by atoms with Crippen LogP contribution in [0.15, 0.2) is 212 Å². The molecule has 0 aliphatic heterocycles. The minimum absolute atomic E-state index is 0.0519. The lowest BCUT2D eigenvalue weighted by Gasteiger charge is -2.26. The van der Waals surface area contributed by atoms with Gasteiger partial charge in [-0.05, 0) is 190 Å². The van der Waals surface area contributed by atoms with Crippen LogP contribution in [0, 0.1) is 0 Å². The Morgan fingerprint density at radius 3 is 1.08 bits per heavy atom. The summed E-state index contributed by atoms with van der Waals surface area (Å²) in [5.74, 6) is 0. The summed E-state index contributed by atoms with van der Waals surface area (Å²) >= 11 is 1.93. The van der Waals surface area contributed by atoms with Gasteiger partial charge in [0, 0.05) is 75.8 Å². The minimum Gasteiger partial charge on any atom is -0.311 e. The van der Waals surface area contributed by atoms with Gasteiger partial charge in [-0.15, -0.1) is 11.3 Å². The van der Waals surface area contributed by atoms with Crippen LogP contribution < -0.4 is 4.90 Å². The zero-order valence-electron chi connectivity index (χ0n) is 59.5. The van der Waals surface area contributed by atoms with Crippen LogP contribution in [0.5, 0.6) is 0 Å². The highest BCUT2D eigenvalue weighted by atomic mass is 32.1. The topological polar surface area (TPSA) is 12.1 Å². The van der Waals surface area contributed by atoms with E-state index in [9.17, 15) is 0 Å². The average Bonchev–Trinajstić information content (AvgIpc) is 1.50. The molecule has 5 heterocycles. The molecule has 11 aromatic carbocycles. The smallest absolute Gasteiger partial charge is 0.109 e. The number of hydrogen-bond acceptors (Lipinski definition) is 2. The maximum atomic E-state index is 2.74. The van der Waals surface area contributed by atoms with E-state index in [2.05, 4.69) is 351 Å². The summed E-state index contributed by atoms with van der Waals surface area (Å²) in [6, 6.07) is 82.8.